The summed E-state index contributed by atoms with van der Waals surface area (Å²) < 4.78 is 7.19. The number of anilines is 1. The van der Waals surface area contributed by atoms with Gasteiger partial charge in [0.2, 0.25) is 5.43 Å². The molecule has 0 unspecified atom stereocenters. The molecule has 34 heavy (non-hydrogen) atoms. The van der Waals surface area contributed by atoms with Crippen molar-refractivity contribution in [1.29, 1.82) is 5.41 Å². The molecular formula is C26H22ClN5O2. The van der Waals surface area contributed by atoms with Crippen LogP contribution in [0.1, 0.15) is 12.6 Å². The molecule has 0 saturated carbocycles. The van der Waals surface area contributed by atoms with Crippen LogP contribution in [0.4, 0.5) is 5.69 Å². The topological polar surface area (TPSA) is 92.9 Å². The van der Waals surface area contributed by atoms with Crippen LogP contribution in [-0.2, 0) is 0 Å². The lowest BCUT2D eigenvalue weighted by atomic mass is 10.1. The van der Waals surface area contributed by atoms with Crippen LogP contribution in [0.5, 0.6) is 5.75 Å². The number of allylic oxidation sites excluding steroid dienone is 1. The minimum absolute atomic E-state index is 0.157. The van der Waals surface area contributed by atoms with E-state index in [0.29, 0.717) is 27.8 Å². The molecule has 4 rings (SSSR count). The lowest BCUT2D eigenvalue weighted by Gasteiger charge is -2.15. The van der Waals surface area contributed by atoms with Crippen LogP contribution in [0.15, 0.2) is 90.0 Å². The number of hydrogen-bond donors (Lipinski definition) is 2. The Kier molecular flexibility index (Phi) is 6.85. The maximum Gasteiger partial charge on any atom is 0.209 e. The number of hydrogen-bond acceptors (Lipinski definition) is 6. The first kappa shape index (κ1) is 22.9. The summed E-state index contributed by atoms with van der Waals surface area (Å²) >= 11 is 6.11. The highest BCUT2D eigenvalue weighted by atomic mass is 35.5. The molecule has 4 aromatic rings. The van der Waals surface area contributed by atoms with Crippen LogP contribution in [0.2, 0.25) is 5.02 Å². The van der Waals surface area contributed by atoms with Gasteiger partial charge in [-0.3, -0.25) is 9.78 Å². The SMILES string of the molecule is COc1cc(-c2ccccn2)ccc1-n1ccc(=O)c(/C(=C/C(C)=N)Nc2cccc(Cl)c2)n1. The Labute approximate surface area is 201 Å². The molecule has 2 N–H and O–H groups in total. The Morgan fingerprint density at radius 2 is 1.97 bits per heavy atom. The third kappa shape index (κ3) is 5.22. The molecule has 0 atom stereocenters. The zero-order valence-corrected chi connectivity index (χ0v) is 19.4. The second-order valence-electron chi connectivity index (χ2n) is 7.45. The number of nitrogens with zero attached hydrogens (tertiary/aromatic N) is 3. The fraction of sp³-hybridized carbons (Fsp3) is 0.0769. The average Bonchev–Trinajstić information content (AvgIpc) is 2.84. The van der Waals surface area contributed by atoms with Gasteiger partial charge in [0.15, 0.2) is 5.69 Å². The van der Waals surface area contributed by atoms with Crippen molar-refractivity contribution >= 4 is 28.7 Å². The van der Waals surface area contributed by atoms with Gasteiger partial charge in [0.05, 0.1) is 18.5 Å². The number of benzene rings is 2. The van der Waals surface area contributed by atoms with E-state index < -0.39 is 0 Å². The highest BCUT2D eigenvalue weighted by molar-refractivity contribution is 6.30. The number of methoxy groups -OCH3 is 1. The molecule has 0 aliphatic carbocycles. The molecule has 0 aliphatic rings. The number of ether oxygens (including phenoxy) is 1. The standard InChI is InChI=1S/C26H22ClN5O2/c1-17(28)14-22(30-20-7-5-6-19(27)16-20)26-24(33)11-13-32(31-26)23-10-9-18(15-25(23)34-2)21-8-3-4-12-29-21/h3-16,28,30H,1-2H3/b22-14-,28-17?. The van der Waals surface area contributed by atoms with Gasteiger partial charge in [-0.2, -0.15) is 5.10 Å². The van der Waals surface area contributed by atoms with Gasteiger partial charge in [-0.05, 0) is 55.5 Å². The summed E-state index contributed by atoms with van der Waals surface area (Å²) in [5, 5.41) is 16.2. The van der Waals surface area contributed by atoms with Crippen molar-refractivity contribution < 1.29 is 4.74 Å². The van der Waals surface area contributed by atoms with E-state index in [0.717, 1.165) is 11.3 Å². The van der Waals surface area contributed by atoms with Crippen molar-refractivity contribution in [2.75, 3.05) is 12.4 Å². The molecule has 0 bridgehead atoms. The van der Waals surface area contributed by atoms with E-state index >= 15 is 0 Å². The van der Waals surface area contributed by atoms with Crippen molar-refractivity contribution in [2.45, 2.75) is 6.92 Å². The fourth-order valence-corrected chi connectivity index (χ4v) is 3.58. The Balaban J connectivity index is 1.78. The first-order valence-electron chi connectivity index (χ1n) is 10.4. The van der Waals surface area contributed by atoms with E-state index in [1.54, 1.807) is 55.4 Å². The van der Waals surface area contributed by atoms with E-state index in [2.05, 4.69) is 15.4 Å². The minimum atomic E-state index is -0.289. The molecule has 0 radical (unpaired) electrons. The lowest BCUT2D eigenvalue weighted by Crippen LogP contribution is -2.19. The summed E-state index contributed by atoms with van der Waals surface area (Å²) in [5.41, 5.74) is 3.55. The molecule has 170 valence electrons. The summed E-state index contributed by atoms with van der Waals surface area (Å²) in [5.74, 6) is 0.571. The molecule has 0 aliphatic heterocycles. The molecule has 0 spiro atoms. The smallest absolute Gasteiger partial charge is 0.209 e. The van der Waals surface area contributed by atoms with Gasteiger partial charge in [-0.15, -0.1) is 0 Å². The molecule has 0 amide bonds. The van der Waals surface area contributed by atoms with Gasteiger partial charge in [-0.1, -0.05) is 29.8 Å². The van der Waals surface area contributed by atoms with Gasteiger partial charge in [-0.25, -0.2) is 4.68 Å². The molecule has 2 aromatic carbocycles. The maximum atomic E-state index is 12.8. The van der Waals surface area contributed by atoms with Gasteiger partial charge in [0, 0.05) is 40.4 Å². The normalized spacial score (nSPS) is 11.2. The van der Waals surface area contributed by atoms with Crippen LogP contribution < -0.4 is 15.5 Å². The number of rotatable bonds is 7. The van der Waals surface area contributed by atoms with Crippen LogP contribution in [0.3, 0.4) is 0 Å². The number of aromatic nitrogens is 3. The predicted molar refractivity (Wildman–Crippen MR) is 136 cm³/mol. The molecule has 2 aromatic heterocycles. The van der Waals surface area contributed by atoms with Crippen LogP contribution in [0, 0.1) is 5.41 Å². The fourth-order valence-electron chi connectivity index (χ4n) is 3.39. The largest absolute Gasteiger partial charge is 0.494 e. The molecular weight excluding hydrogens is 450 g/mol. The van der Waals surface area contributed by atoms with Crippen LogP contribution in [0.25, 0.3) is 22.6 Å². The average molecular weight is 472 g/mol. The number of nitrogens with one attached hydrogen (secondary N) is 2. The summed E-state index contributed by atoms with van der Waals surface area (Å²) in [6, 6.07) is 19.9. The molecule has 0 fully saturated rings. The van der Waals surface area contributed by atoms with Crippen LogP contribution >= 0.6 is 11.6 Å². The van der Waals surface area contributed by atoms with Crippen molar-refractivity contribution in [3.8, 4) is 22.7 Å². The monoisotopic (exact) mass is 471 g/mol. The minimum Gasteiger partial charge on any atom is -0.494 e. The Morgan fingerprint density at radius 3 is 2.68 bits per heavy atom. The summed E-state index contributed by atoms with van der Waals surface area (Å²) in [6.45, 7) is 1.63. The molecule has 7 nitrogen and oxygen atoms in total. The Morgan fingerprint density at radius 1 is 1.12 bits per heavy atom. The second kappa shape index (κ2) is 10.1. The van der Waals surface area contributed by atoms with E-state index in [4.69, 9.17) is 21.7 Å². The number of halogens is 1. The quantitative estimate of drug-likeness (QED) is 0.350. The van der Waals surface area contributed by atoms with Crippen molar-refractivity contribution in [3.63, 3.8) is 0 Å². The molecule has 8 heteroatoms. The Hall–Kier alpha value is -4.23. The predicted octanol–water partition coefficient (Wildman–Crippen LogP) is 5.45. The Bertz CT molecular complexity index is 1430. The van der Waals surface area contributed by atoms with Gasteiger partial charge >= 0.3 is 0 Å². The number of pyridine rings is 1. The van der Waals surface area contributed by atoms with Crippen LogP contribution in [-0.4, -0.2) is 27.6 Å². The first-order chi connectivity index (χ1) is 16.4. The van der Waals surface area contributed by atoms with E-state index in [9.17, 15) is 4.79 Å². The highest BCUT2D eigenvalue weighted by Crippen LogP contribution is 2.28. The van der Waals surface area contributed by atoms with E-state index in [-0.39, 0.29) is 16.8 Å². The maximum absolute atomic E-state index is 12.8. The van der Waals surface area contributed by atoms with Crippen molar-refractivity contribution in [2.24, 2.45) is 0 Å². The first-order valence-corrected chi connectivity index (χ1v) is 10.8. The van der Waals surface area contributed by atoms with E-state index in [1.807, 2.05) is 42.5 Å². The van der Waals surface area contributed by atoms with Gasteiger partial charge < -0.3 is 15.5 Å². The van der Waals surface area contributed by atoms with Gasteiger partial charge in [0.1, 0.15) is 11.4 Å². The molecule has 2 heterocycles. The van der Waals surface area contributed by atoms with Crippen molar-refractivity contribution in [3.05, 3.63) is 106 Å². The second-order valence-corrected chi connectivity index (χ2v) is 7.89. The summed E-state index contributed by atoms with van der Waals surface area (Å²) in [7, 11) is 1.58. The third-order valence-corrected chi connectivity index (χ3v) is 5.15. The third-order valence-electron chi connectivity index (χ3n) is 4.92. The molecule has 0 saturated heterocycles. The van der Waals surface area contributed by atoms with E-state index in [1.165, 1.54) is 6.07 Å². The lowest BCUT2D eigenvalue weighted by molar-refractivity contribution is 0.411. The summed E-state index contributed by atoms with van der Waals surface area (Å²) in [6.07, 6.45) is 4.87. The van der Waals surface area contributed by atoms with Gasteiger partial charge in [0.25, 0.3) is 0 Å². The zero-order chi connectivity index (χ0) is 24.1. The summed E-state index contributed by atoms with van der Waals surface area (Å²) in [4.78, 5) is 17.2. The van der Waals surface area contributed by atoms with Crippen molar-refractivity contribution in [1.82, 2.24) is 14.8 Å². The zero-order valence-electron chi connectivity index (χ0n) is 18.6. The highest BCUT2D eigenvalue weighted by Gasteiger charge is 2.14.